The van der Waals surface area contributed by atoms with Crippen molar-refractivity contribution in [2.45, 2.75) is 0 Å². The number of para-hydroxylation sites is 1. The summed E-state index contributed by atoms with van der Waals surface area (Å²) in [5.74, 6) is -0.130. The SMILES string of the molecule is COC(=O)c1cc2[nH]cc(-c3ccccc3O)c2s1. The molecule has 0 saturated carbocycles. The summed E-state index contributed by atoms with van der Waals surface area (Å²) in [4.78, 5) is 15.2. The average Bonchev–Trinajstić information content (AvgIpc) is 2.98. The molecular formula is C14H11NO3S. The van der Waals surface area contributed by atoms with Crippen LogP contribution < -0.4 is 0 Å². The Hall–Kier alpha value is -2.27. The van der Waals surface area contributed by atoms with E-state index in [4.69, 9.17) is 4.74 Å². The van der Waals surface area contributed by atoms with Crippen LogP contribution in [0.15, 0.2) is 36.5 Å². The van der Waals surface area contributed by atoms with Gasteiger partial charge < -0.3 is 14.8 Å². The molecule has 19 heavy (non-hydrogen) atoms. The standard InChI is InChI=1S/C14H11NO3S/c1-18-14(17)12-6-10-13(19-12)9(7-15-10)8-4-2-3-5-11(8)16/h2-7,15-16H,1H3. The molecule has 0 radical (unpaired) electrons. The Balaban J connectivity index is 2.18. The quantitative estimate of drug-likeness (QED) is 0.703. The maximum absolute atomic E-state index is 11.5. The third kappa shape index (κ3) is 1.88. The molecule has 0 aliphatic rings. The molecule has 96 valence electrons. The van der Waals surface area contributed by atoms with E-state index in [1.54, 1.807) is 18.2 Å². The Kier molecular flexibility index (Phi) is 2.76. The molecule has 0 saturated heterocycles. The van der Waals surface area contributed by atoms with Gasteiger partial charge in [-0.3, -0.25) is 0 Å². The Morgan fingerprint density at radius 1 is 1.32 bits per heavy atom. The molecule has 0 bridgehead atoms. The van der Waals surface area contributed by atoms with Crippen LogP contribution >= 0.6 is 11.3 Å². The number of carbonyl (C=O) groups is 1. The normalized spacial score (nSPS) is 10.8. The van der Waals surface area contributed by atoms with Gasteiger partial charge in [-0.25, -0.2) is 4.79 Å². The lowest BCUT2D eigenvalue weighted by Crippen LogP contribution is -1.96. The zero-order chi connectivity index (χ0) is 13.4. The summed E-state index contributed by atoms with van der Waals surface area (Å²) in [5.41, 5.74) is 2.49. The van der Waals surface area contributed by atoms with E-state index < -0.39 is 0 Å². The van der Waals surface area contributed by atoms with E-state index in [1.807, 2.05) is 18.3 Å². The molecule has 0 unspecified atom stereocenters. The van der Waals surface area contributed by atoms with Crippen molar-refractivity contribution >= 4 is 27.5 Å². The Morgan fingerprint density at radius 2 is 2.11 bits per heavy atom. The van der Waals surface area contributed by atoms with Crippen molar-refractivity contribution in [3.63, 3.8) is 0 Å². The van der Waals surface area contributed by atoms with Gasteiger partial charge in [0.25, 0.3) is 0 Å². The summed E-state index contributed by atoms with van der Waals surface area (Å²) in [7, 11) is 1.36. The van der Waals surface area contributed by atoms with Crippen molar-refractivity contribution in [1.82, 2.24) is 4.98 Å². The van der Waals surface area contributed by atoms with Gasteiger partial charge in [0.05, 0.1) is 17.3 Å². The number of nitrogens with one attached hydrogen (secondary N) is 1. The summed E-state index contributed by atoms with van der Waals surface area (Å²) in [5, 5.41) is 9.90. The summed E-state index contributed by atoms with van der Waals surface area (Å²) < 4.78 is 5.65. The molecule has 0 aliphatic carbocycles. The van der Waals surface area contributed by atoms with Crippen molar-refractivity contribution in [2.75, 3.05) is 7.11 Å². The Morgan fingerprint density at radius 3 is 2.84 bits per heavy atom. The predicted molar refractivity (Wildman–Crippen MR) is 74.6 cm³/mol. The van der Waals surface area contributed by atoms with E-state index in [9.17, 15) is 9.90 Å². The first-order valence-corrected chi connectivity index (χ1v) is 6.50. The fraction of sp³-hybridized carbons (Fsp3) is 0.0714. The number of methoxy groups -OCH3 is 1. The number of hydrogen-bond donors (Lipinski definition) is 2. The van der Waals surface area contributed by atoms with Gasteiger partial charge in [-0.05, 0) is 12.1 Å². The lowest BCUT2D eigenvalue weighted by Gasteiger charge is -2.01. The van der Waals surface area contributed by atoms with Crippen LogP contribution in [0.5, 0.6) is 5.75 Å². The first-order valence-electron chi connectivity index (χ1n) is 5.68. The molecule has 1 aromatic carbocycles. The first kappa shape index (κ1) is 11.8. The number of aromatic amines is 1. The van der Waals surface area contributed by atoms with E-state index in [0.29, 0.717) is 4.88 Å². The predicted octanol–water partition coefficient (Wildman–Crippen LogP) is 3.39. The van der Waals surface area contributed by atoms with E-state index in [2.05, 4.69) is 4.98 Å². The second-order valence-electron chi connectivity index (χ2n) is 4.06. The Bertz CT molecular complexity index is 757. The highest BCUT2D eigenvalue weighted by molar-refractivity contribution is 7.21. The fourth-order valence-corrected chi connectivity index (χ4v) is 3.09. The van der Waals surface area contributed by atoms with E-state index >= 15 is 0 Å². The molecule has 0 amide bonds. The van der Waals surface area contributed by atoms with Crippen LogP contribution in [0.1, 0.15) is 9.67 Å². The molecule has 0 aliphatic heterocycles. The summed E-state index contributed by atoms with van der Waals surface area (Å²) in [6.45, 7) is 0. The summed E-state index contributed by atoms with van der Waals surface area (Å²) in [6.07, 6.45) is 1.83. The third-order valence-electron chi connectivity index (χ3n) is 2.93. The van der Waals surface area contributed by atoms with Crippen LogP contribution in [0.2, 0.25) is 0 Å². The van der Waals surface area contributed by atoms with Gasteiger partial charge >= 0.3 is 5.97 Å². The lowest BCUT2D eigenvalue weighted by molar-refractivity contribution is 0.0606. The largest absolute Gasteiger partial charge is 0.507 e. The van der Waals surface area contributed by atoms with Crippen molar-refractivity contribution in [1.29, 1.82) is 0 Å². The number of esters is 1. The summed E-state index contributed by atoms with van der Waals surface area (Å²) in [6, 6.07) is 8.88. The topological polar surface area (TPSA) is 62.3 Å². The van der Waals surface area contributed by atoms with E-state index in [0.717, 1.165) is 21.3 Å². The number of aromatic hydroxyl groups is 1. The minimum atomic E-state index is -0.349. The number of benzene rings is 1. The molecule has 4 nitrogen and oxygen atoms in total. The summed E-state index contributed by atoms with van der Waals surface area (Å²) >= 11 is 1.35. The molecule has 0 spiro atoms. The number of rotatable bonds is 2. The zero-order valence-electron chi connectivity index (χ0n) is 10.1. The van der Waals surface area contributed by atoms with Gasteiger partial charge in [0.15, 0.2) is 0 Å². The highest BCUT2D eigenvalue weighted by atomic mass is 32.1. The monoisotopic (exact) mass is 273 g/mol. The third-order valence-corrected chi connectivity index (χ3v) is 4.08. The number of fused-ring (bicyclic) bond motifs is 1. The number of carbonyl (C=O) groups excluding carboxylic acids is 1. The van der Waals surface area contributed by atoms with Gasteiger partial charge in [-0.2, -0.15) is 0 Å². The molecule has 0 fully saturated rings. The molecule has 0 atom stereocenters. The second kappa shape index (κ2) is 4.44. The molecule has 5 heteroatoms. The van der Waals surface area contributed by atoms with Crippen LogP contribution in [-0.4, -0.2) is 23.2 Å². The molecule has 2 aromatic heterocycles. The maximum atomic E-state index is 11.5. The van der Waals surface area contributed by atoms with Gasteiger partial charge in [0.2, 0.25) is 0 Å². The van der Waals surface area contributed by atoms with Crippen molar-refractivity contribution in [3.05, 3.63) is 41.4 Å². The lowest BCUT2D eigenvalue weighted by atomic mass is 10.1. The number of H-pyrrole nitrogens is 1. The molecule has 2 heterocycles. The van der Waals surface area contributed by atoms with Gasteiger partial charge in [-0.1, -0.05) is 18.2 Å². The first-order chi connectivity index (χ1) is 9.20. The molecule has 3 rings (SSSR count). The number of phenolic OH excluding ortho intramolecular Hbond substituents is 1. The number of ether oxygens (including phenoxy) is 1. The Labute approximate surface area is 113 Å². The van der Waals surface area contributed by atoms with Gasteiger partial charge in [-0.15, -0.1) is 11.3 Å². The average molecular weight is 273 g/mol. The highest BCUT2D eigenvalue weighted by Crippen LogP contribution is 2.38. The molecular weight excluding hydrogens is 262 g/mol. The number of phenols is 1. The van der Waals surface area contributed by atoms with Crippen molar-refractivity contribution in [3.8, 4) is 16.9 Å². The number of thiophene rings is 1. The smallest absolute Gasteiger partial charge is 0.348 e. The second-order valence-corrected chi connectivity index (χ2v) is 5.12. The highest BCUT2D eigenvalue weighted by Gasteiger charge is 2.16. The van der Waals surface area contributed by atoms with Crippen molar-refractivity contribution in [2.24, 2.45) is 0 Å². The fourth-order valence-electron chi connectivity index (χ4n) is 2.02. The molecule has 3 aromatic rings. The minimum Gasteiger partial charge on any atom is -0.507 e. The number of hydrogen-bond acceptors (Lipinski definition) is 4. The van der Waals surface area contributed by atoms with Crippen molar-refractivity contribution < 1.29 is 14.6 Å². The van der Waals surface area contributed by atoms with Crippen LogP contribution in [-0.2, 0) is 4.74 Å². The van der Waals surface area contributed by atoms with Crippen LogP contribution in [0.3, 0.4) is 0 Å². The van der Waals surface area contributed by atoms with Crippen LogP contribution in [0.4, 0.5) is 0 Å². The zero-order valence-corrected chi connectivity index (χ0v) is 11.0. The van der Waals surface area contributed by atoms with E-state index in [-0.39, 0.29) is 11.7 Å². The van der Waals surface area contributed by atoms with Crippen LogP contribution in [0, 0.1) is 0 Å². The van der Waals surface area contributed by atoms with Gasteiger partial charge in [0, 0.05) is 17.3 Å². The van der Waals surface area contributed by atoms with E-state index in [1.165, 1.54) is 18.4 Å². The molecule has 2 N–H and O–H groups in total. The van der Waals surface area contributed by atoms with Crippen LogP contribution in [0.25, 0.3) is 21.3 Å². The maximum Gasteiger partial charge on any atom is 0.348 e. The van der Waals surface area contributed by atoms with Gasteiger partial charge in [0.1, 0.15) is 10.6 Å². The number of aromatic nitrogens is 1. The minimum absolute atomic E-state index is 0.219.